The van der Waals surface area contributed by atoms with Crippen molar-refractivity contribution in [2.45, 2.75) is 32.7 Å². The van der Waals surface area contributed by atoms with Crippen molar-refractivity contribution in [1.29, 1.82) is 0 Å². The van der Waals surface area contributed by atoms with E-state index in [9.17, 15) is 9.90 Å². The molecule has 9 heteroatoms. The number of hydrogen-bond donors (Lipinski definition) is 1. The Hall–Kier alpha value is -2.65. The second-order valence-corrected chi connectivity index (χ2v) is 9.36. The molecule has 0 spiro atoms. The standard InChI is InChI=1S/C28H30FN3O4.Na/c1-17-3-4-19(14-30-22-5-6-23-21(12-26(33)34)16-36-25(23)13-22)18(2)27(17)20-11-24(29)28(31-15-20)32-7-9-35-10-8-32;/h3-6,11,13,15,21,30H,7-10,12,14,16H2,1-2H3,(H,33,34);/q;+1/p-1/t21-;/m1./s1. The molecule has 188 valence electrons. The number of pyridine rings is 1. The van der Waals surface area contributed by atoms with Gasteiger partial charge >= 0.3 is 29.6 Å². The molecular weight excluding hydrogens is 484 g/mol. The van der Waals surface area contributed by atoms with Crippen molar-refractivity contribution in [2.75, 3.05) is 43.1 Å². The predicted molar refractivity (Wildman–Crippen MR) is 134 cm³/mol. The van der Waals surface area contributed by atoms with Crippen molar-refractivity contribution in [2.24, 2.45) is 0 Å². The second-order valence-electron chi connectivity index (χ2n) is 9.36. The third-order valence-electron chi connectivity index (χ3n) is 7.00. The first-order valence-electron chi connectivity index (χ1n) is 12.2. The van der Waals surface area contributed by atoms with E-state index < -0.39 is 5.97 Å². The van der Waals surface area contributed by atoms with Crippen LogP contribution in [0.3, 0.4) is 0 Å². The molecule has 0 amide bonds. The molecule has 2 aromatic carbocycles. The second kappa shape index (κ2) is 11.8. The van der Waals surface area contributed by atoms with Gasteiger partial charge in [0.25, 0.3) is 0 Å². The molecule has 1 aromatic heterocycles. The summed E-state index contributed by atoms with van der Waals surface area (Å²) in [4.78, 5) is 17.4. The van der Waals surface area contributed by atoms with Crippen molar-refractivity contribution < 1.29 is 53.3 Å². The molecule has 0 aliphatic carbocycles. The summed E-state index contributed by atoms with van der Waals surface area (Å²) in [5.41, 5.74) is 6.73. The number of halogens is 1. The van der Waals surface area contributed by atoms with Crippen LogP contribution in [0.25, 0.3) is 11.1 Å². The molecule has 3 aromatic rings. The minimum Gasteiger partial charge on any atom is -0.550 e. The molecule has 1 atom stereocenters. The number of ether oxygens (including phenoxy) is 2. The number of carbonyl (C=O) groups is 1. The van der Waals surface area contributed by atoms with E-state index in [1.54, 1.807) is 12.3 Å². The number of benzene rings is 2. The predicted octanol–water partition coefficient (Wildman–Crippen LogP) is 0.573. The van der Waals surface area contributed by atoms with Crippen molar-refractivity contribution in [3.8, 4) is 16.9 Å². The fourth-order valence-electron chi connectivity index (χ4n) is 5.06. The van der Waals surface area contributed by atoms with E-state index in [1.165, 1.54) is 0 Å². The van der Waals surface area contributed by atoms with E-state index in [1.807, 2.05) is 43.0 Å². The number of carboxylic acids is 1. The number of fused-ring (bicyclic) bond motifs is 1. The average Bonchev–Trinajstić information content (AvgIpc) is 3.25. The minimum atomic E-state index is -1.07. The molecule has 0 radical (unpaired) electrons. The van der Waals surface area contributed by atoms with Crippen LogP contribution in [-0.4, -0.2) is 43.9 Å². The van der Waals surface area contributed by atoms with Gasteiger partial charge in [-0.3, -0.25) is 0 Å². The third kappa shape index (κ3) is 5.93. The Morgan fingerprint density at radius 2 is 1.97 bits per heavy atom. The van der Waals surface area contributed by atoms with E-state index in [4.69, 9.17) is 9.47 Å². The van der Waals surface area contributed by atoms with Gasteiger partial charge in [-0.2, -0.15) is 0 Å². The van der Waals surface area contributed by atoms with Crippen molar-refractivity contribution in [3.63, 3.8) is 0 Å². The van der Waals surface area contributed by atoms with Crippen molar-refractivity contribution in [1.82, 2.24) is 4.98 Å². The maximum atomic E-state index is 15.1. The number of nitrogens with one attached hydrogen (secondary N) is 1. The summed E-state index contributed by atoms with van der Waals surface area (Å²) in [5.74, 6) is -0.503. The molecule has 1 saturated heterocycles. The summed E-state index contributed by atoms with van der Waals surface area (Å²) in [5, 5.41) is 14.4. The minimum absolute atomic E-state index is 0. The molecule has 5 rings (SSSR count). The number of aryl methyl sites for hydroxylation is 1. The number of carboxylic acid groups (broad SMARTS) is 1. The van der Waals surface area contributed by atoms with Crippen LogP contribution < -0.4 is 49.6 Å². The van der Waals surface area contributed by atoms with Crippen LogP contribution >= 0.6 is 0 Å². The molecule has 0 unspecified atom stereocenters. The Kier molecular flexibility index (Phi) is 8.75. The monoisotopic (exact) mass is 513 g/mol. The van der Waals surface area contributed by atoms with Gasteiger partial charge in [0.15, 0.2) is 11.6 Å². The van der Waals surface area contributed by atoms with Gasteiger partial charge in [0.05, 0.1) is 19.8 Å². The van der Waals surface area contributed by atoms with Crippen molar-refractivity contribution in [3.05, 3.63) is 70.7 Å². The Bertz CT molecular complexity index is 1300. The first-order valence-corrected chi connectivity index (χ1v) is 12.2. The van der Waals surface area contributed by atoms with Crippen LogP contribution in [0.4, 0.5) is 15.9 Å². The number of anilines is 2. The fourth-order valence-corrected chi connectivity index (χ4v) is 5.06. The molecule has 0 bridgehead atoms. The van der Waals surface area contributed by atoms with Gasteiger partial charge in [0, 0.05) is 60.6 Å². The van der Waals surface area contributed by atoms with Crippen LogP contribution in [0.15, 0.2) is 42.6 Å². The first kappa shape index (κ1) is 27.4. The number of nitrogens with zero attached hydrogens (tertiary/aromatic N) is 2. The van der Waals surface area contributed by atoms with Crippen molar-refractivity contribution >= 4 is 17.5 Å². The molecule has 1 N–H and O–H groups in total. The first-order chi connectivity index (χ1) is 17.4. The Morgan fingerprint density at radius 3 is 2.70 bits per heavy atom. The maximum Gasteiger partial charge on any atom is 1.00 e. The molecule has 0 saturated carbocycles. The van der Waals surface area contributed by atoms with Crippen LogP contribution in [-0.2, 0) is 16.1 Å². The van der Waals surface area contributed by atoms with Gasteiger partial charge in [-0.1, -0.05) is 18.2 Å². The zero-order valence-corrected chi connectivity index (χ0v) is 23.5. The molecule has 7 nitrogen and oxygen atoms in total. The van der Waals surface area contributed by atoms with Gasteiger partial charge < -0.3 is 29.6 Å². The number of hydrogen-bond acceptors (Lipinski definition) is 7. The fraction of sp³-hybridized carbons (Fsp3) is 0.357. The van der Waals surface area contributed by atoms with Crippen LogP contribution in [0, 0.1) is 19.7 Å². The van der Waals surface area contributed by atoms with Crippen LogP contribution in [0.1, 0.15) is 34.6 Å². The molecule has 3 heterocycles. The topological polar surface area (TPSA) is 86.8 Å². The smallest absolute Gasteiger partial charge is 0.550 e. The Balaban J connectivity index is 0.00000320. The number of aliphatic carboxylic acids is 1. The quantitative estimate of drug-likeness (QED) is 0.463. The summed E-state index contributed by atoms with van der Waals surface area (Å²) in [7, 11) is 0. The average molecular weight is 514 g/mol. The van der Waals surface area contributed by atoms with Crippen LogP contribution in [0.2, 0.25) is 0 Å². The number of carbonyl (C=O) groups excluding carboxylic acids is 1. The summed E-state index contributed by atoms with van der Waals surface area (Å²) in [6.07, 6.45) is 1.70. The van der Waals surface area contributed by atoms with E-state index in [-0.39, 0.29) is 47.7 Å². The Morgan fingerprint density at radius 1 is 1.19 bits per heavy atom. The van der Waals surface area contributed by atoms with E-state index in [0.717, 1.165) is 39.1 Å². The zero-order chi connectivity index (χ0) is 25.2. The molecule has 2 aliphatic heterocycles. The summed E-state index contributed by atoms with van der Waals surface area (Å²) >= 11 is 0. The normalized spacial score (nSPS) is 16.5. The van der Waals surface area contributed by atoms with Gasteiger partial charge in [0.2, 0.25) is 0 Å². The number of rotatable bonds is 7. The van der Waals surface area contributed by atoms with E-state index >= 15 is 4.39 Å². The maximum absolute atomic E-state index is 15.1. The largest absolute Gasteiger partial charge is 1.00 e. The number of aromatic nitrogens is 1. The van der Waals surface area contributed by atoms with Gasteiger partial charge in [0.1, 0.15) is 5.75 Å². The summed E-state index contributed by atoms with van der Waals surface area (Å²) in [6.45, 7) is 7.41. The van der Waals surface area contributed by atoms with Gasteiger partial charge in [-0.25, -0.2) is 9.37 Å². The zero-order valence-electron chi connectivity index (χ0n) is 21.5. The molecule has 37 heavy (non-hydrogen) atoms. The number of morpholine rings is 1. The Labute approximate surface area is 238 Å². The van der Waals surface area contributed by atoms with E-state index in [0.29, 0.717) is 51.0 Å². The summed E-state index contributed by atoms with van der Waals surface area (Å²) in [6, 6.07) is 11.4. The van der Waals surface area contributed by atoms with Crippen LogP contribution in [0.5, 0.6) is 5.75 Å². The molecule has 1 fully saturated rings. The molecular formula is C28H29FN3NaO4. The molecule has 2 aliphatic rings. The van der Waals surface area contributed by atoms with E-state index in [2.05, 4.69) is 16.4 Å². The van der Waals surface area contributed by atoms with Gasteiger partial charge in [-0.15, -0.1) is 0 Å². The third-order valence-corrected chi connectivity index (χ3v) is 7.00. The summed E-state index contributed by atoms with van der Waals surface area (Å²) < 4.78 is 26.1. The SMILES string of the molecule is Cc1ccc(CNc2ccc3c(c2)OC[C@H]3CC(=O)[O-])c(C)c1-c1cnc(N2CCOCC2)c(F)c1.[Na+]. The van der Waals surface area contributed by atoms with Gasteiger partial charge in [-0.05, 0) is 54.7 Å².